The third-order valence-electron chi connectivity index (χ3n) is 2.41. The Labute approximate surface area is 119 Å². The van der Waals surface area contributed by atoms with Crippen LogP contribution in [0.15, 0.2) is 46.3 Å². The van der Waals surface area contributed by atoms with Crippen molar-refractivity contribution in [2.45, 2.75) is 11.9 Å². The largest absolute Gasteiger partial charge is 0.310 e. The van der Waals surface area contributed by atoms with Crippen LogP contribution in [0.4, 0.5) is 0 Å². The van der Waals surface area contributed by atoms with Gasteiger partial charge in [-0.15, -0.1) is 22.9 Å². The number of hydrogen-bond donors (Lipinski definition) is 1. The molecule has 2 aromatic rings. The molecule has 0 amide bonds. The van der Waals surface area contributed by atoms with Crippen LogP contribution in [-0.4, -0.2) is 6.54 Å². The van der Waals surface area contributed by atoms with Gasteiger partial charge >= 0.3 is 0 Å². The van der Waals surface area contributed by atoms with Gasteiger partial charge in [0, 0.05) is 27.8 Å². The summed E-state index contributed by atoms with van der Waals surface area (Å²) in [6.45, 7) is 1.65. The molecule has 1 atom stereocenters. The summed E-state index contributed by atoms with van der Waals surface area (Å²) in [6.07, 6.45) is 0. The maximum Gasteiger partial charge on any atom is 0.0709 e. The molecule has 1 unspecified atom stereocenters. The molecule has 0 aliphatic carbocycles. The van der Waals surface area contributed by atoms with Crippen LogP contribution in [0.1, 0.15) is 15.8 Å². The van der Waals surface area contributed by atoms with Gasteiger partial charge in [0.1, 0.15) is 0 Å². The number of halogens is 2. The van der Waals surface area contributed by atoms with Gasteiger partial charge in [-0.25, -0.2) is 0 Å². The zero-order valence-corrected chi connectivity index (χ0v) is 12.4. The summed E-state index contributed by atoms with van der Waals surface area (Å²) < 4.78 is 1.14. The maximum atomic E-state index is 6.31. The van der Waals surface area contributed by atoms with Crippen molar-refractivity contribution in [3.05, 3.63) is 56.7 Å². The highest BCUT2D eigenvalue weighted by molar-refractivity contribution is 9.10. The van der Waals surface area contributed by atoms with E-state index in [1.54, 1.807) is 11.3 Å². The molecule has 0 aliphatic heterocycles. The van der Waals surface area contributed by atoms with E-state index in [1.165, 1.54) is 4.88 Å². The van der Waals surface area contributed by atoms with E-state index in [0.29, 0.717) is 0 Å². The van der Waals surface area contributed by atoms with Crippen LogP contribution in [-0.2, 0) is 6.54 Å². The molecule has 90 valence electrons. The standard InChI is InChI=1S/C13H13BrClNS/c14-11-6-12(17-9-11)7-16-8-13(15)10-4-2-1-3-5-10/h1-6,9,13,16H,7-8H2. The minimum Gasteiger partial charge on any atom is -0.310 e. The molecule has 0 aliphatic rings. The lowest BCUT2D eigenvalue weighted by Gasteiger charge is -2.10. The molecule has 1 aromatic carbocycles. The highest BCUT2D eigenvalue weighted by Crippen LogP contribution is 2.21. The number of hydrogen-bond acceptors (Lipinski definition) is 2. The van der Waals surface area contributed by atoms with Gasteiger partial charge in [0.15, 0.2) is 0 Å². The summed E-state index contributed by atoms with van der Waals surface area (Å²) in [7, 11) is 0. The van der Waals surface area contributed by atoms with Crippen LogP contribution < -0.4 is 5.32 Å². The van der Waals surface area contributed by atoms with Gasteiger partial charge in [-0.2, -0.15) is 0 Å². The second kappa shape index (κ2) is 6.55. The van der Waals surface area contributed by atoms with E-state index in [2.05, 4.69) is 44.8 Å². The van der Waals surface area contributed by atoms with Gasteiger partial charge in [0.25, 0.3) is 0 Å². The van der Waals surface area contributed by atoms with E-state index in [-0.39, 0.29) is 5.38 Å². The second-order valence-electron chi connectivity index (χ2n) is 3.74. The number of thiophene rings is 1. The third kappa shape index (κ3) is 4.11. The monoisotopic (exact) mass is 329 g/mol. The first-order chi connectivity index (χ1) is 8.25. The predicted octanol–water partition coefficient (Wildman–Crippen LogP) is 4.58. The minimum absolute atomic E-state index is 0.0274. The molecule has 1 heterocycles. The average molecular weight is 331 g/mol. The molecule has 0 radical (unpaired) electrons. The number of benzene rings is 1. The van der Waals surface area contributed by atoms with E-state index < -0.39 is 0 Å². The molecule has 17 heavy (non-hydrogen) atoms. The van der Waals surface area contributed by atoms with Crippen LogP contribution in [0.25, 0.3) is 0 Å². The molecule has 0 spiro atoms. The molecule has 1 aromatic heterocycles. The average Bonchev–Trinajstić information content (AvgIpc) is 2.76. The zero-order chi connectivity index (χ0) is 12.1. The maximum absolute atomic E-state index is 6.31. The van der Waals surface area contributed by atoms with Crippen LogP contribution in [0.3, 0.4) is 0 Å². The summed E-state index contributed by atoms with van der Waals surface area (Å²) in [5.41, 5.74) is 1.16. The molecular weight excluding hydrogens is 318 g/mol. The first-order valence-electron chi connectivity index (χ1n) is 5.38. The van der Waals surface area contributed by atoms with Gasteiger partial charge < -0.3 is 5.32 Å². The third-order valence-corrected chi connectivity index (χ3v) is 4.51. The topological polar surface area (TPSA) is 12.0 Å². The molecule has 0 bridgehead atoms. The van der Waals surface area contributed by atoms with Crippen LogP contribution in [0, 0.1) is 0 Å². The Hall–Kier alpha value is -0.350. The molecule has 2 rings (SSSR count). The fourth-order valence-electron chi connectivity index (χ4n) is 1.55. The minimum atomic E-state index is 0.0274. The normalized spacial score (nSPS) is 12.6. The summed E-state index contributed by atoms with van der Waals surface area (Å²) >= 11 is 11.5. The Morgan fingerprint density at radius 1 is 1.29 bits per heavy atom. The Morgan fingerprint density at radius 3 is 2.71 bits per heavy atom. The van der Waals surface area contributed by atoms with Crippen molar-refractivity contribution in [3.63, 3.8) is 0 Å². The van der Waals surface area contributed by atoms with Crippen molar-refractivity contribution in [2.24, 2.45) is 0 Å². The second-order valence-corrected chi connectivity index (χ2v) is 6.18. The van der Waals surface area contributed by atoms with E-state index >= 15 is 0 Å². The summed E-state index contributed by atoms with van der Waals surface area (Å²) in [5, 5.41) is 5.49. The van der Waals surface area contributed by atoms with Crippen molar-refractivity contribution >= 4 is 38.9 Å². The van der Waals surface area contributed by atoms with Crippen molar-refractivity contribution < 1.29 is 0 Å². The molecule has 4 heteroatoms. The SMILES string of the molecule is ClC(CNCc1cc(Br)cs1)c1ccccc1. The van der Waals surface area contributed by atoms with Gasteiger partial charge in [0.05, 0.1) is 5.38 Å². The Balaban J connectivity index is 1.79. The number of rotatable bonds is 5. The molecular formula is C13H13BrClNS. The molecule has 0 fully saturated rings. The highest BCUT2D eigenvalue weighted by atomic mass is 79.9. The van der Waals surface area contributed by atoms with E-state index in [0.717, 1.165) is 23.1 Å². The van der Waals surface area contributed by atoms with E-state index in [9.17, 15) is 0 Å². The lowest BCUT2D eigenvalue weighted by molar-refractivity contribution is 0.680. The van der Waals surface area contributed by atoms with Crippen LogP contribution >= 0.6 is 38.9 Å². The van der Waals surface area contributed by atoms with E-state index in [4.69, 9.17) is 11.6 Å². The molecule has 0 saturated heterocycles. The van der Waals surface area contributed by atoms with Gasteiger partial charge in [0.2, 0.25) is 0 Å². The Morgan fingerprint density at radius 2 is 2.06 bits per heavy atom. The van der Waals surface area contributed by atoms with Crippen molar-refractivity contribution in [3.8, 4) is 0 Å². The van der Waals surface area contributed by atoms with Gasteiger partial charge in [-0.05, 0) is 27.6 Å². The van der Waals surface area contributed by atoms with E-state index in [1.807, 2.05) is 18.2 Å². The van der Waals surface area contributed by atoms with Crippen LogP contribution in [0.5, 0.6) is 0 Å². The van der Waals surface area contributed by atoms with Gasteiger partial charge in [-0.1, -0.05) is 30.3 Å². The summed E-state index contributed by atoms with van der Waals surface area (Å²) in [6, 6.07) is 12.3. The number of alkyl halides is 1. The quantitative estimate of drug-likeness (QED) is 0.791. The highest BCUT2D eigenvalue weighted by Gasteiger charge is 2.06. The van der Waals surface area contributed by atoms with Crippen molar-refractivity contribution in [1.29, 1.82) is 0 Å². The predicted molar refractivity (Wildman–Crippen MR) is 78.8 cm³/mol. The first-order valence-corrected chi connectivity index (χ1v) is 7.49. The fraction of sp³-hybridized carbons (Fsp3) is 0.231. The Bertz CT molecular complexity index is 457. The molecule has 1 nitrogen and oxygen atoms in total. The first kappa shape index (κ1) is 13.1. The molecule has 0 saturated carbocycles. The Kier molecular flexibility index (Phi) is 5.04. The summed E-state index contributed by atoms with van der Waals surface area (Å²) in [4.78, 5) is 1.31. The lowest BCUT2D eigenvalue weighted by Crippen LogP contribution is -2.17. The van der Waals surface area contributed by atoms with Crippen molar-refractivity contribution in [1.82, 2.24) is 5.32 Å². The smallest absolute Gasteiger partial charge is 0.0709 e. The van der Waals surface area contributed by atoms with Gasteiger partial charge in [-0.3, -0.25) is 0 Å². The summed E-state index contributed by atoms with van der Waals surface area (Å²) in [5.74, 6) is 0. The molecule has 1 N–H and O–H groups in total. The van der Waals surface area contributed by atoms with Crippen LogP contribution in [0.2, 0.25) is 0 Å². The lowest BCUT2D eigenvalue weighted by atomic mass is 10.1. The fourth-order valence-corrected chi connectivity index (χ4v) is 3.22. The van der Waals surface area contributed by atoms with Crippen molar-refractivity contribution in [2.75, 3.05) is 6.54 Å². The zero-order valence-electron chi connectivity index (χ0n) is 9.20. The number of nitrogens with one attached hydrogen (secondary N) is 1.